The highest BCUT2D eigenvalue weighted by Crippen LogP contribution is 2.37. The van der Waals surface area contributed by atoms with Gasteiger partial charge in [-0.25, -0.2) is 9.37 Å². The van der Waals surface area contributed by atoms with E-state index in [0.717, 1.165) is 23.3 Å². The fourth-order valence-electron chi connectivity index (χ4n) is 3.56. The molecule has 0 saturated heterocycles. The third kappa shape index (κ3) is 3.66. The average Bonchev–Trinajstić information content (AvgIpc) is 3.33. The maximum absolute atomic E-state index is 14.0. The van der Waals surface area contributed by atoms with E-state index >= 15 is 0 Å². The van der Waals surface area contributed by atoms with Gasteiger partial charge in [0, 0.05) is 29.2 Å². The summed E-state index contributed by atoms with van der Waals surface area (Å²) in [6, 6.07) is 7.82. The van der Waals surface area contributed by atoms with E-state index in [1.54, 1.807) is 11.6 Å². The summed E-state index contributed by atoms with van der Waals surface area (Å²) in [5, 5.41) is 15.1. The molecule has 1 aromatic heterocycles. The number of carbonyl (C=O) groups excluding carboxylic acids is 2. The molecule has 0 saturated carbocycles. The number of halogens is 1. The SMILES string of the molecule is CC(C)c1ccc2c(c1)C(=O)N([C@@H](C(=O)Nc1nccs1)c1cc(F)ccc1O)C2. The van der Waals surface area contributed by atoms with E-state index in [4.69, 9.17) is 0 Å². The minimum atomic E-state index is -1.22. The van der Waals surface area contributed by atoms with Gasteiger partial charge < -0.3 is 10.0 Å². The van der Waals surface area contributed by atoms with Crippen molar-refractivity contribution in [3.8, 4) is 5.75 Å². The molecule has 0 aliphatic carbocycles. The maximum atomic E-state index is 14.0. The van der Waals surface area contributed by atoms with Crippen LogP contribution in [0, 0.1) is 5.82 Å². The maximum Gasteiger partial charge on any atom is 0.255 e. The average molecular weight is 425 g/mol. The Morgan fingerprint density at radius 2 is 2.07 bits per heavy atom. The second-order valence-corrected chi connectivity index (χ2v) is 8.33. The largest absolute Gasteiger partial charge is 0.508 e. The lowest BCUT2D eigenvalue weighted by Crippen LogP contribution is -2.37. The van der Waals surface area contributed by atoms with Crippen LogP contribution in [0.15, 0.2) is 48.0 Å². The Bertz CT molecular complexity index is 1110. The van der Waals surface area contributed by atoms with Gasteiger partial charge in [0.05, 0.1) is 0 Å². The minimum Gasteiger partial charge on any atom is -0.508 e. The van der Waals surface area contributed by atoms with Gasteiger partial charge in [-0.2, -0.15) is 0 Å². The minimum absolute atomic E-state index is 0.0225. The molecule has 1 atom stereocenters. The first-order chi connectivity index (χ1) is 14.3. The molecule has 1 aliphatic rings. The molecule has 2 N–H and O–H groups in total. The van der Waals surface area contributed by atoms with Crippen LogP contribution in [-0.2, 0) is 11.3 Å². The van der Waals surface area contributed by atoms with E-state index < -0.39 is 17.8 Å². The Morgan fingerprint density at radius 1 is 1.27 bits per heavy atom. The summed E-state index contributed by atoms with van der Waals surface area (Å²) in [4.78, 5) is 31.8. The zero-order valence-corrected chi connectivity index (χ0v) is 17.2. The van der Waals surface area contributed by atoms with Crippen LogP contribution < -0.4 is 5.32 Å². The molecular formula is C22H20FN3O3S. The molecule has 30 heavy (non-hydrogen) atoms. The number of hydrogen-bond acceptors (Lipinski definition) is 5. The predicted molar refractivity (Wildman–Crippen MR) is 112 cm³/mol. The Labute approximate surface area is 177 Å². The van der Waals surface area contributed by atoms with Gasteiger partial charge in [0.1, 0.15) is 17.6 Å². The molecule has 8 heteroatoms. The van der Waals surface area contributed by atoms with Gasteiger partial charge >= 0.3 is 0 Å². The summed E-state index contributed by atoms with van der Waals surface area (Å²) in [6.07, 6.45) is 1.54. The standard InChI is InChI=1S/C22H20FN3O3S/c1-12(2)13-3-4-14-11-26(21(29)16(14)9-13)19(17-10-15(23)5-6-18(17)27)20(28)25-22-24-7-8-30-22/h3-10,12,19,27H,11H2,1-2H3,(H,24,25,28)/t19-/m1/s1. The van der Waals surface area contributed by atoms with Crippen molar-refractivity contribution in [2.75, 3.05) is 5.32 Å². The van der Waals surface area contributed by atoms with Gasteiger partial charge in [-0.15, -0.1) is 11.3 Å². The molecule has 0 spiro atoms. The number of thiazole rings is 1. The lowest BCUT2D eigenvalue weighted by atomic mass is 9.98. The highest BCUT2D eigenvalue weighted by atomic mass is 32.1. The number of rotatable bonds is 5. The smallest absolute Gasteiger partial charge is 0.255 e. The van der Waals surface area contributed by atoms with Crippen LogP contribution in [0.5, 0.6) is 5.75 Å². The van der Waals surface area contributed by atoms with Crippen LogP contribution in [0.2, 0.25) is 0 Å². The van der Waals surface area contributed by atoms with E-state index in [1.807, 2.05) is 32.0 Å². The van der Waals surface area contributed by atoms with E-state index in [-0.39, 0.29) is 29.7 Å². The fraction of sp³-hybridized carbons (Fsp3) is 0.227. The molecule has 2 amide bonds. The van der Waals surface area contributed by atoms with Crippen molar-refractivity contribution in [2.24, 2.45) is 0 Å². The molecule has 2 heterocycles. The molecule has 154 valence electrons. The third-order valence-corrected chi connectivity index (χ3v) is 5.83. The Balaban J connectivity index is 1.75. The summed E-state index contributed by atoms with van der Waals surface area (Å²) in [5.74, 6) is -1.54. The molecule has 4 rings (SSSR count). The van der Waals surface area contributed by atoms with Gasteiger partial charge in [0.25, 0.3) is 11.8 Å². The van der Waals surface area contributed by atoms with Crippen LogP contribution in [0.4, 0.5) is 9.52 Å². The number of phenols is 1. The molecule has 0 unspecified atom stereocenters. The summed E-state index contributed by atoms with van der Waals surface area (Å²) in [7, 11) is 0. The molecule has 6 nitrogen and oxygen atoms in total. The number of amides is 2. The first-order valence-corrected chi connectivity index (χ1v) is 10.4. The zero-order valence-electron chi connectivity index (χ0n) is 16.4. The highest BCUT2D eigenvalue weighted by Gasteiger charge is 2.39. The van der Waals surface area contributed by atoms with Crippen molar-refractivity contribution < 1.29 is 19.1 Å². The Hall–Kier alpha value is -3.26. The van der Waals surface area contributed by atoms with Crippen molar-refractivity contribution >= 4 is 28.3 Å². The summed E-state index contributed by atoms with van der Waals surface area (Å²) < 4.78 is 14.0. The predicted octanol–water partition coefficient (Wildman–Crippen LogP) is 4.45. The Kier molecular flexibility index (Phi) is 5.26. The molecule has 1 aliphatic heterocycles. The third-order valence-electron chi connectivity index (χ3n) is 5.14. The quantitative estimate of drug-likeness (QED) is 0.633. The number of carbonyl (C=O) groups is 2. The van der Waals surface area contributed by atoms with E-state index in [9.17, 15) is 19.1 Å². The molecule has 0 fully saturated rings. The van der Waals surface area contributed by atoms with Crippen LogP contribution in [0.3, 0.4) is 0 Å². The lowest BCUT2D eigenvalue weighted by Gasteiger charge is -2.27. The van der Waals surface area contributed by atoms with Crippen LogP contribution in [0.1, 0.15) is 52.9 Å². The Morgan fingerprint density at radius 3 is 2.77 bits per heavy atom. The first-order valence-electron chi connectivity index (χ1n) is 9.47. The van der Waals surface area contributed by atoms with Gasteiger partial charge in [-0.3, -0.25) is 14.9 Å². The summed E-state index contributed by atoms with van der Waals surface area (Å²) >= 11 is 1.22. The van der Waals surface area contributed by atoms with Crippen LogP contribution in [-0.4, -0.2) is 26.8 Å². The molecule has 0 bridgehead atoms. The monoisotopic (exact) mass is 425 g/mol. The van der Waals surface area contributed by atoms with Crippen molar-refractivity contribution in [2.45, 2.75) is 32.4 Å². The van der Waals surface area contributed by atoms with E-state index in [1.165, 1.54) is 22.3 Å². The number of hydrogen-bond donors (Lipinski definition) is 2. The fourth-order valence-corrected chi connectivity index (χ4v) is 4.09. The first kappa shape index (κ1) is 20.0. The number of nitrogens with zero attached hydrogens (tertiary/aromatic N) is 2. The zero-order chi connectivity index (χ0) is 21.4. The van der Waals surface area contributed by atoms with Crippen molar-refractivity contribution in [3.05, 3.63) is 76.0 Å². The number of benzene rings is 2. The number of anilines is 1. The van der Waals surface area contributed by atoms with Crippen molar-refractivity contribution in [1.29, 1.82) is 0 Å². The molecular weight excluding hydrogens is 405 g/mol. The number of nitrogens with one attached hydrogen (secondary N) is 1. The number of aromatic hydroxyl groups is 1. The van der Waals surface area contributed by atoms with Gasteiger partial charge in [0.2, 0.25) is 0 Å². The van der Waals surface area contributed by atoms with Crippen molar-refractivity contribution in [1.82, 2.24) is 9.88 Å². The van der Waals surface area contributed by atoms with Crippen LogP contribution in [0.25, 0.3) is 0 Å². The van der Waals surface area contributed by atoms with Gasteiger partial charge in [0.15, 0.2) is 5.13 Å². The summed E-state index contributed by atoms with van der Waals surface area (Å²) in [6.45, 7) is 4.25. The number of phenolic OH excluding ortho intramolecular Hbond substituents is 1. The number of aromatic nitrogens is 1. The second kappa shape index (κ2) is 7.87. The summed E-state index contributed by atoms with van der Waals surface area (Å²) in [5.41, 5.74) is 2.34. The topological polar surface area (TPSA) is 82.5 Å². The molecule has 3 aromatic rings. The molecule has 2 aromatic carbocycles. The highest BCUT2D eigenvalue weighted by molar-refractivity contribution is 7.13. The lowest BCUT2D eigenvalue weighted by molar-refractivity contribution is -0.120. The van der Waals surface area contributed by atoms with Gasteiger partial charge in [-0.1, -0.05) is 26.0 Å². The van der Waals surface area contributed by atoms with E-state index in [0.29, 0.717) is 10.7 Å². The second-order valence-electron chi connectivity index (χ2n) is 7.44. The van der Waals surface area contributed by atoms with Crippen molar-refractivity contribution in [3.63, 3.8) is 0 Å². The van der Waals surface area contributed by atoms with Gasteiger partial charge in [-0.05, 0) is 41.3 Å². The number of fused-ring (bicyclic) bond motifs is 1. The molecule has 0 radical (unpaired) electrons. The van der Waals surface area contributed by atoms with Crippen LogP contribution >= 0.6 is 11.3 Å². The van der Waals surface area contributed by atoms with E-state index in [2.05, 4.69) is 10.3 Å². The normalized spacial score (nSPS) is 14.1.